The molecule has 0 unspecified atom stereocenters. The summed E-state index contributed by atoms with van der Waals surface area (Å²) in [7, 11) is 3.99. The summed E-state index contributed by atoms with van der Waals surface area (Å²) in [6.07, 6.45) is 1.59. The maximum absolute atomic E-state index is 11.9. The summed E-state index contributed by atoms with van der Waals surface area (Å²) >= 11 is 1.63. The van der Waals surface area contributed by atoms with E-state index >= 15 is 0 Å². The van der Waals surface area contributed by atoms with Gasteiger partial charge < -0.3 is 20.4 Å². The van der Waals surface area contributed by atoms with E-state index in [4.69, 9.17) is 0 Å². The van der Waals surface area contributed by atoms with Gasteiger partial charge in [0, 0.05) is 44.7 Å². The minimum absolute atomic E-state index is 0. The predicted octanol–water partition coefficient (Wildman–Crippen LogP) is 3.21. The number of thiazole rings is 1. The average molecular weight is 528 g/mol. The molecule has 1 aliphatic rings. The number of aliphatic imine (C=N–C) groups is 1. The summed E-state index contributed by atoms with van der Waals surface area (Å²) in [5, 5.41) is 9.65. The number of aromatic nitrogens is 1. The smallest absolute Gasteiger partial charge is 0.227 e. The molecule has 7 nitrogen and oxygen atoms in total. The van der Waals surface area contributed by atoms with Gasteiger partial charge in [0.15, 0.2) is 11.1 Å². The molecule has 1 aromatic heterocycles. The highest BCUT2D eigenvalue weighted by atomic mass is 127. The maximum Gasteiger partial charge on any atom is 0.227 e. The van der Waals surface area contributed by atoms with Gasteiger partial charge in [-0.2, -0.15) is 0 Å². The lowest BCUT2D eigenvalue weighted by atomic mass is 10.2. The molecule has 0 aliphatic carbocycles. The van der Waals surface area contributed by atoms with Gasteiger partial charge in [-0.1, -0.05) is 12.1 Å². The third kappa shape index (κ3) is 6.56. The Morgan fingerprint density at radius 1 is 1.28 bits per heavy atom. The first-order valence-electron chi connectivity index (χ1n) is 9.60. The molecule has 9 heteroatoms. The number of anilines is 2. The van der Waals surface area contributed by atoms with Gasteiger partial charge in [0.2, 0.25) is 5.91 Å². The first kappa shape index (κ1) is 23.4. The second-order valence-corrected chi connectivity index (χ2v) is 7.72. The quantitative estimate of drug-likeness (QED) is 0.328. The predicted molar refractivity (Wildman–Crippen MR) is 132 cm³/mol. The van der Waals surface area contributed by atoms with Crippen LogP contribution in [0.2, 0.25) is 0 Å². The van der Waals surface area contributed by atoms with Crippen LogP contribution in [0.15, 0.2) is 34.6 Å². The minimum Gasteiger partial charge on any atom is -0.357 e. The van der Waals surface area contributed by atoms with Gasteiger partial charge in [0.25, 0.3) is 0 Å². The molecular formula is C20H29IN6OS. The van der Waals surface area contributed by atoms with E-state index in [-0.39, 0.29) is 29.9 Å². The van der Waals surface area contributed by atoms with Gasteiger partial charge in [-0.25, -0.2) is 9.98 Å². The van der Waals surface area contributed by atoms with Crippen molar-refractivity contribution in [2.75, 3.05) is 37.0 Å². The molecule has 158 valence electrons. The molecule has 0 radical (unpaired) electrons. The fourth-order valence-corrected chi connectivity index (χ4v) is 3.73. The van der Waals surface area contributed by atoms with E-state index in [0.29, 0.717) is 19.5 Å². The summed E-state index contributed by atoms with van der Waals surface area (Å²) in [5.41, 5.74) is 3.08. The van der Waals surface area contributed by atoms with Gasteiger partial charge in [0.1, 0.15) is 0 Å². The molecule has 1 amide bonds. The van der Waals surface area contributed by atoms with Crippen molar-refractivity contribution in [1.82, 2.24) is 15.6 Å². The van der Waals surface area contributed by atoms with Crippen LogP contribution < -0.4 is 20.4 Å². The maximum atomic E-state index is 11.9. The summed E-state index contributed by atoms with van der Waals surface area (Å²) < 4.78 is 0. The lowest BCUT2D eigenvalue weighted by Crippen LogP contribution is -2.36. The highest BCUT2D eigenvalue weighted by Gasteiger charge is 2.21. The third-order valence-corrected chi connectivity index (χ3v) is 5.50. The molecule has 1 saturated heterocycles. The number of guanidine groups is 1. The van der Waals surface area contributed by atoms with Crippen LogP contribution >= 0.6 is 35.3 Å². The fourth-order valence-electron chi connectivity index (χ4n) is 2.97. The van der Waals surface area contributed by atoms with Crippen molar-refractivity contribution in [3.05, 3.63) is 40.9 Å². The third-order valence-electron chi connectivity index (χ3n) is 4.44. The number of carbonyl (C=O) groups excluding carboxylic acids is 1. The number of nitrogens with zero attached hydrogens (tertiary/aromatic N) is 4. The number of halogens is 1. The van der Waals surface area contributed by atoms with Gasteiger partial charge in [-0.05, 0) is 31.0 Å². The summed E-state index contributed by atoms with van der Waals surface area (Å²) in [6.45, 7) is 4.86. The SMILES string of the molecule is CCNC(=NCc1ccc(N2CCCC2=O)cc1)NCc1csc(N(C)C)n1.I. The Labute approximate surface area is 193 Å². The number of amides is 1. The number of carbonyl (C=O) groups is 1. The summed E-state index contributed by atoms with van der Waals surface area (Å²) in [5.74, 6) is 0.976. The molecule has 0 saturated carbocycles. The van der Waals surface area contributed by atoms with Crippen molar-refractivity contribution < 1.29 is 4.79 Å². The summed E-state index contributed by atoms with van der Waals surface area (Å²) in [4.78, 5) is 25.0. The van der Waals surface area contributed by atoms with Crippen molar-refractivity contribution in [1.29, 1.82) is 0 Å². The van der Waals surface area contributed by atoms with E-state index in [1.165, 1.54) is 0 Å². The molecule has 1 aromatic carbocycles. The molecule has 0 bridgehead atoms. The Morgan fingerprint density at radius 2 is 2.03 bits per heavy atom. The van der Waals surface area contributed by atoms with Gasteiger partial charge >= 0.3 is 0 Å². The van der Waals surface area contributed by atoms with Crippen LogP contribution in [-0.2, 0) is 17.9 Å². The standard InChI is InChI=1S/C20H28N6OS.HI/c1-4-21-19(23-13-16-14-28-20(24-16)25(2)3)22-12-15-7-9-17(10-8-15)26-11-5-6-18(26)27;/h7-10,14H,4-6,11-13H2,1-3H3,(H2,21,22,23);1H. The number of hydrogen-bond acceptors (Lipinski definition) is 5. The lowest BCUT2D eigenvalue weighted by Gasteiger charge is -2.15. The first-order chi connectivity index (χ1) is 13.6. The zero-order valence-electron chi connectivity index (χ0n) is 17.1. The van der Waals surface area contributed by atoms with Crippen molar-refractivity contribution in [3.63, 3.8) is 0 Å². The Kier molecular flexibility index (Phi) is 9.15. The monoisotopic (exact) mass is 528 g/mol. The van der Waals surface area contributed by atoms with Crippen LogP contribution in [0, 0.1) is 0 Å². The summed E-state index contributed by atoms with van der Waals surface area (Å²) in [6, 6.07) is 8.09. The van der Waals surface area contributed by atoms with E-state index in [1.54, 1.807) is 11.3 Å². The zero-order valence-corrected chi connectivity index (χ0v) is 20.3. The number of benzene rings is 1. The highest BCUT2D eigenvalue weighted by Crippen LogP contribution is 2.22. The van der Waals surface area contributed by atoms with Crippen molar-refractivity contribution >= 4 is 58.0 Å². The van der Waals surface area contributed by atoms with Gasteiger partial charge in [-0.15, -0.1) is 35.3 Å². The minimum atomic E-state index is 0. The van der Waals surface area contributed by atoms with Gasteiger partial charge in [-0.3, -0.25) is 4.79 Å². The Hall–Kier alpha value is -1.88. The first-order valence-corrected chi connectivity index (χ1v) is 10.5. The molecule has 2 heterocycles. The van der Waals surface area contributed by atoms with E-state index in [0.717, 1.165) is 47.5 Å². The molecular weight excluding hydrogens is 499 g/mol. The van der Waals surface area contributed by atoms with Crippen molar-refractivity contribution in [2.24, 2.45) is 4.99 Å². The van der Waals surface area contributed by atoms with Crippen LogP contribution in [0.5, 0.6) is 0 Å². The number of hydrogen-bond donors (Lipinski definition) is 2. The van der Waals surface area contributed by atoms with E-state index in [1.807, 2.05) is 55.1 Å². The van der Waals surface area contributed by atoms with Gasteiger partial charge in [0.05, 0.1) is 18.8 Å². The Balaban J connectivity index is 0.00000300. The molecule has 1 aliphatic heterocycles. The van der Waals surface area contributed by atoms with Crippen LogP contribution in [-0.4, -0.2) is 44.0 Å². The van der Waals surface area contributed by atoms with E-state index in [2.05, 4.69) is 26.0 Å². The second-order valence-electron chi connectivity index (χ2n) is 6.88. The van der Waals surface area contributed by atoms with E-state index < -0.39 is 0 Å². The van der Waals surface area contributed by atoms with Crippen LogP contribution in [0.25, 0.3) is 0 Å². The lowest BCUT2D eigenvalue weighted by molar-refractivity contribution is -0.117. The molecule has 1 fully saturated rings. The van der Waals surface area contributed by atoms with Crippen molar-refractivity contribution in [3.8, 4) is 0 Å². The highest BCUT2D eigenvalue weighted by molar-refractivity contribution is 14.0. The van der Waals surface area contributed by atoms with Crippen LogP contribution in [0.4, 0.5) is 10.8 Å². The fraction of sp³-hybridized carbons (Fsp3) is 0.450. The van der Waals surface area contributed by atoms with Crippen molar-refractivity contribution in [2.45, 2.75) is 32.9 Å². The van der Waals surface area contributed by atoms with Crippen LogP contribution in [0.3, 0.4) is 0 Å². The average Bonchev–Trinajstić information content (AvgIpc) is 3.33. The van der Waals surface area contributed by atoms with Crippen LogP contribution in [0.1, 0.15) is 31.0 Å². The number of nitrogens with one attached hydrogen (secondary N) is 2. The molecule has 0 spiro atoms. The topological polar surface area (TPSA) is 72.9 Å². The molecule has 2 N–H and O–H groups in total. The molecule has 29 heavy (non-hydrogen) atoms. The largest absolute Gasteiger partial charge is 0.357 e. The molecule has 0 atom stereocenters. The molecule has 2 aromatic rings. The molecule has 3 rings (SSSR count). The Morgan fingerprint density at radius 3 is 2.62 bits per heavy atom. The zero-order chi connectivity index (χ0) is 19.9. The number of rotatable bonds is 7. The Bertz CT molecular complexity index is 821. The normalized spacial score (nSPS) is 14.0. The van der Waals surface area contributed by atoms with E-state index in [9.17, 15) is 4.79 Å². The second kappa shape index (κ2) is 11.3.